The molecule has 7 unspecified atom stereocenters. The molecule has 6 bridgehead atoms. The zero-order chi connectivity index (χ0) is 77.0. The Morgan fingerprint density at radius 3 is 1.32 bits per heavy atom. The van der Waals surface area contributed by atoms with Crippen LogP contribution in [0.5, 0.6) is 0 Å². The molecule has 7 atom stereocenters. The van der Waals surface area contributed by atoms with E-state index in [2.05, 4.69) is 80.2 Å². The third-order valence-electron chi connectivity index (χ3n) is 22.1. The van der Waals surface area contributed by atoms with Gasteiger partial charge in [-0.05, 0) is 136 Å². The highest BCUT2D eigenvalue weighted by Gasteiger charge is 2.47. The number of hydrogen-bond acceptors (Lipinski definition) is 19. The summed E-state index contributed by atoms with van der Waals surface area (Å²) in [7, 11) is -11.2. The molecule has 109 heavy (non-hydrogen) atoms. The number of fused-ring (bicyclic) bond motifs is 12. The lowest BCUT2D eigenvalue weighted by Crippen LogP contribution is -2.63. The molecule has 0 saturated carbocycles. The molecule has 10 aromatic rings. The molecular formula is C71H88Cl5N19O10S4. The highest BCUT2D eigenvalue weighted by atomic mass is 35.5. The van der Waals surface area contributed by atoms with E-state index < -0.39 is 40.1 Å². The summed E-state index contributed by atoms with van der Waals surface area (Å²) in [5.74, 6) is 0.529. The topological polar surface area (TPSA) is 344 Å². The number of rotatable bonds is 13. The van der Waals surface area contributed by atoms with Crippen LogP contribution in [0, 0.1) is 0 Å². The Hall–Kier alpha value is -6.83. The van der Waals surface area contributed by atoms with Gasteiger partial charge in [0.25, 0.3) is 0 Å². The van der Waals surface area contributed by atoms with E-state index in [1.807, 2.05) is 73.1 Å². The number of hydrogen-bond donors (Lipinski definition) is 6. The minimum atomic E-state index is -3.23. The predicted molar refractivity (Wildman–Crippen MR) is 431 cm³/mol. The van der Waals surface area contributed by atoms with Crippen LogP contribution in [0.25, 0.3) is 54.5 Å². The van der Waals surface area contributed by atoms with Crippen LogP contribution < -0.4 is 24.3 Å². The summed E-state index contributed by atoms with van der Waals surface area (Å²) in [6, 6.07) is 20.0. The smallest absolute Gasteiger partial charge is 0.220 e. The van der Waals surface area contributed by atoms with E-state index in [0.29, 0.717) is 88.9 Å². The number of piperazine rings is 3. The molecule has 1 amide bonds. The van der Waals surface area contributed by atoms with Crippen molar-refractivity contribution in [3.63, 3.8) is 0 Å². The molecule has 9 saturated heterocycles. The number of H-pyrrole nitrogens is 5. The van der Waals surface area contributed by atoms with Crippen molar-refractivity contribution in [2.45, 2.75) is 119 Å². The number of halogens is 5. The molecule has 0 radical (unpaired) electrons. The van der Waals surface area contributed by atoms with Gasteiger partial charge in [-0.25, -0.2) is 42.7 Å². The summed E-state index contributed by atoms with van der Waals surface area (Å²) in [6.45, 7) is 8.87. The first-order valence-corrected chi connectivity index (χ1v) is 45.3. The standard InChI is InChI=1S/C15H17ClN4O.C15H20ClN3O3S.2C14H17ClN4O2S.C13H17ClN4O2S/c1-9(21)20-11-2-3-12(20)8-19(7-11)15-5-10(16)4-14-13(15)6-17-18-14;1-22-6-7-23(20,21)19-4-2-11(3-5-19)13-8-12(16)9-15-14(13)10-17-18-15;1-22(20,21)19-8-10-2-3-11(19)7-18(10)14-5-9(15)4-13-12(14)6-16-17-13;1-22(20,21)19-10-2-3-11(19)8-18(7-10)14-5-9(15)4-13-12(14)6-16-17-13;1-21(19,20)17-10-3-2-4-18(8-10)13-6-9(14)5-12-11(13)7-15-16-12/h4-6,11-12H,2-3,7-8H2,1H3,(H,17,18);8-11H,2-7H2,1H3,(H,17,18);2*4-6,10-11H,2-3,7-8H2,1H3,(H,16,17);5-7,10,17H,2-4,8H2,1H3,(H,15,16). The lowest BCUT2D eigenvalue weighted by Gasteiger charge is -2.51. The average Bonchev–Trinajstić information content (AvgIpc) is 1.63. The molecule has 9 aliphatic rings. The van der Waals surface area contributed by atoms with Gasteiger partial charge in [-0.3, -0.25) is 30.3 Å². The number of benzene rings is 5. The van der Waals surface area contributed by atoms with Crippen molar-refractivity contribution in [1.29, 1.82) is 0 Å². The summed E-state index contributed by atoms with van der Waals surface area (Å²) < 4.78 is 108. The van der Waals surface area contributed by atoms with Crippen LogP contribution in [0.2, 0.25) is 25.1 Å². The molecule has 9 fully saturated rings. The summed E-state index contributed by atoms with van der Waals surface area (Å²) in [6.07, 6.45) is 22.1. The maximum absolute atomic E-state index is 12.2. The van der Waals surface area contributed by atoms with Gasteiger partial charge in [0.1, 0.15) is 0 Å². The van der Waals surface area contributed by atoms with E-state index in [9.17, 15) is 38.5 Å². The quantitative estimate of drug-likeness (QED) is 0.0625. The Morgan fingerprint density at radius 1 is 0.468 bits per heavy atom. The van der Waals surface area contributed by atoms with E-state index in [-0.39, 0.29) is 48.5 Å². The number of ether oxygens (including phenoxy) is 1. The van der Waals surface area contributed by atoms with Crippen molar-refractivity contribution in [1.82, 2.24) is 73.5 Å². The van der Waals surface area contributed by atoms with Crippen LogP contribution in [0.3, 0.4) is 0 Å². The Labute approximate surface area is 658 Å². The zero-order valence-corrected chi connectivity index (χ0v) is 67.8. The number of methoxy groups -OCH3 is 1. The van der Waals surface area contributed by atoms with Crippen LogP contribution in [-0.2, 0) is 49.6 Å². The van der Waals surface area contributed by atoms with Crippen molar-refractivity contribution in [2.75, 3.05) is 123 Å². The molecule has 6 N–H and O–H groups in total. The number of amides is 1. The third kappa shape index (κ3) is 17.5. The van der Waals surface area contributed by atoms with Gasteiger partial charge in [-0.1, -0.05) is 58.0 Å². The fourth-order valence-electron chi connectivity index (χ4n) is 17.5. The predicted octanol–water partition coefficient (Wildman–Crippen LogP) is 10.2. The fourth-order valence-corrected chi connectivity index (χ4v) is 23.3. The summed E-state index contributed by atoms with van der Waals surface area (Å²) in [5.41, 5.74) is 9.90. The number of carbonyl (C=O) groups excluding carboxylic acids is 1. The van der Waals surface area contributed by atoms with E-state index in [1.165, 1.54) is 25.9 Å². The number of aromatic amines is 5. The molecule has 19 rings (SSSR count). The Morgan fingerprint density at radius 2 is 0.881 bits per heavy atom. The van der Waals surface area contributed by atoms with Crippen LogP contribution in [0.4, 0.5) is 22.7 Å². The zero-order valence-electron chi connectivity index (χ0n) is 60.8. The minimum Gasteiger partial charge on any atom is -0.384 e. The molecule has 38 heteroatoms. The van der Waals surface area contributed by atoms with Crippen molar-refractivity contribution in [3.05, 3.63) is 122 Å². The second-order valence-electron chi connectivity index (χ2n) is 29.5. The first kappa shape index (κ1) is 78.8. The number of aromatic nitrogens is 10. The first-order chi connectivity index (χ1) is 51.9. The van der Waals surface area contributed by atoms with Gasteiger partial charge >= 0.3 is 0 Å². The van der Waals surface area contributed by atoms with E-state index in [0.717, 1.165) is 167 Å². The average molecular weight is 1670 g/mol. The number of nitrogens with zero attached hydrogens (tertiary/aromatic N) is 13. The molecule has 5 aromatic carbocycles. The number of piperidine rings is 4. The SMILES string of the molecule is CC(=O)N1C2CCC1CN(c1cc(Cl)cc3[nH]ncc13)C2.COCCS(=O)(=O)N1CCC(c2cc(Cl)cc3[nH]ncc23)CC1.CS(=O)(=O)N1C2CCC1CN(c1cc(Cl)cc3[nH]ncc13)C2.CS(=O)(=O)N1CC2CCC1CN2c1cc(Cl)cc2[nH]ncc12.CS(=O)(=O)NC1CCCN(c2cc(Cl)cc3[nH]ncc23)C1. The van der Waals surface area contributed by atoms with Gasteiger partial charge in [0.2, 0.25) is 46.0 Å². The lowest BCUT2D eigenvalue weighted by molar-refractivity contribution is -0.132. The fraction of sp³-hybridized carbons (Fsp3) is 0.493. The van der Waals surface area contributed by atoms with Crippen molar-refractivity contribution in [2.24, 2.45) is 0 Å². The van der Waals surface area contributed by atoms with Crippen molar-refractivity contribution < 1.29 is 43.2 Å². The minimum absolute atomic E-state index is 0.0390. The van der Waals surface area contributed by atoms with Crippen LogP contribution in [-0.4, -0.2) is 254 Å². The molecule has 0 spiro atoms. The first-order valence-electron chi connectivity index (χ1n) is 36.3. The van der Waals surface area contributed by atoms with Gasteiger partial charge in [0.15, 0.2) is 0 Å². The molecule has 0 aliphatic carbocycles. The van der Waals surface area contributed by atoms with Crippen LogP contribution >= 0.6 is 58.0 Å². The summed E-state index contributed by atoms with van der Waals surface area (Å²) in [4.78, 5) is 22.9. The van der Waals surface area contributed by atoms with Crippen molar-refractivity contribution in [3.8, 4) is 0 Å². The van der Waals surface area contributed by atoms with E-state index >= 15 is 0 Å². The second kappa shape index (κ2) is 32.3. The molecule has 29 nitrogen and oxygen atoms in total. The number of anilines is 4. The van der Waals surface area contributed by atoms with Gasteiger partial charge in [0.05, 0.1) is 89.7 Å². The Bertz CT molecular complexity index is 5440. The highest BCUT2D eigenvalue weighted by molar-refractivity contribution is 7.89. The van der Waals surface area contributed by atoms with Crippen LogP contribution in [0.1, 0.15) is 82.6 Å². The Kier molecular flexibility index (Phi) is 23.4. The maximum Gasteiger partial charge on any atom is 0.220 e. The molecule has 9 aliphatic heterocycles. The molecular weight excluding hydrogens is 1580 g/mol. The van der Waals surface area contributed by atoms with E-state index in [1.54, 1.807) is 38.4 Å². The number of sulfonamides is 4. The molecule has 5 aromatic heterocycles. The largest absolute Gasteiger partial charge is 0.384 e. The second-order valence-corrected chi connectivity index (χ2v) is 39.4. The normalized spacial score (nSPS) is 22.9. The number of nitrogens with one attached hydrogen (secondary N) is 6. The molecule has 586 valence electrons. The van der Waals surface area contributed by atoms with E-state index in [4.69, 9.17) is 62.7 Å². The molecule has 14 heterocycles. The van der Waals surface area contributed by atoms with Gasteiger partial charge in [-0.2, -0.15) is 34.1 Å². The Balaban J connectivity index is 0.000000114. The monoisotopic (exact) mass is 1670 g/mol. The van der Waals surface area contributed by atoms with Gasteiger partial charge < -0.3 is 29.2 Å². The van der Waals surface area contributed by atoms with Gasteiger partial charge in [-0.15, -0.1) is 0 Å². The lowest BCUT2D eigenvalue weighted by atomic mass is 9.88. The highest BCUT2D eigenvalue weighted by Crippen LogP contribution is 2.43. The third-order valence-corrected chi connectivity index (χ3v) is 28.4. The van der Waals surface area contributed by atoms with Crippen LogP contribution in [0.15, 0.2) is 91.6 Å². The van der Waals surface area contributed by atoms with Gasteiger partial charge in [0, 0.05) is 197 Å². The number of carbonyl (C=O) groups is 1. The van der Waals surface area contributed by atoms with Crippen molar-refractivity contribution >= 4 is 181 Å². The summed E-state index contributed by atoms with van der Waals surface area (Å²) in [5, 5.41) is 43.7. The summed E-state index contributed by atoms with van der Waals surface area (Å²) >= 11 is 31.0. The maximum atomic E-state index is 12.2.